The standard InChI is InChI=1S/C17H12ClF3N4O2/c1-5-11(18)14-10(13(22)12(5)21)15(27)7(6(2)26)4-25(14)17-9(20)3-8(19)16(23)24-17/h3-4H,22H2,1-2H3,(H2,23,24). The summed E-state index contributed by atoms with van der Waals surface area (Å²) in [4.78, 5) is 28.2. The van der Waals surface area contributed by atoms with Crippen LogP contribution in [0.5, 0.6) is 0 Å². The first-order valence-electron chi connectivity index (χ1n) is 7.51. The van der Waals surface area contributed by atoms with Crippen LogP contribution in [0.25, 0.3) is 16.7 Å². The molecule has 0 amide bonds. The van der Waals surface area contributed by atoms with Gasteiger partial charge >= 0.3 is 0 Å². The van der Waals surface area contributed by atoms with Crippen molar-refractivity contribution in [1.82, 2.24) is 9.55 Å². The van der Waals surface area contributed by atoms with Crippen LogP contribution in [-0.4, -0.2) is 15.3 Å². The predicted molar refractivity (Wildman–Crippen MR) is 95.8 cm³/mol. The largest absolute Gasteiger partial charge is 0.396 e. The van der Waals surface area contributed by atoms with Gasteiger partial charge in [-0.15, -0.1) is 0 Å². The summed E-state index contributed by atoms with van der Waals surface area (Å²) in [5.74, 6) is -5.01. The minimum atomic E-state index is -1.14. The number of pyridine rings is 2. The van der Waals surface area contributed by atoms with E-state index in [4.69, 9.17) is 23.1 Å². The molecule has 0 saturated heterocycles. The molecule has 1 aromatic carbocycles. The molecule has 3 rings (SSSR count). The Morgan fingerprint density at radius 3 is 2.44 bits per heavy atom. The average Bonchev–Trinajstić information content (AvgIpc) is 2.60. The number of carbonyl (C=O) groups excluding carboxylic acids is 1. The number of hydrogen-bond donors (Lipinski definition) is 2. The number of ketones is 1. The highest BCUT2D eigenvalue weighted by Gasteiger charge is 2.24. The molecule has 0 fully saturated rings. The molecule has 140 valence electrons. The number of aromatic nitrogens is 2. The number of fused-ring (bicyclic) bond motifs is 1. The third-order valence-electron chi connectivity index (χ3n) is 4.13. The number of rotatable bonds is 2. The molecule has 3 aromatic rings. The maximum atomic E-state index is 14.4. The van der Waals surface area contributed by atoms with E-state index in [1.54, 1.807) is 0 Å². The Kier molecular flexibility index (Phi) is 4.35. The second-order valence-corrected chi connectivity index (χ2v) is 6.23. The molecule has 0 atom stereocenters. The van der Waals surface area contributed by atoms with Gasteiger partial charge in [0.1, 0.15) is 0 Å². The van der Waals surface area contributed by atoms with Crippen LogP contribution in [0.4, 0.5) is 24.7 Å². The van der Waals surface area contributed by atoms with Gasteiger partial charge in [0.25, 0.3) is 0 Å². The monoisotopic (exact) mass is 396 g/mol. The number of halogens is 4. The second-order valence-electron chi connectivity index (χ2n) is 5.85. The lowest BCUT2D eigenvalue weighted by atomic mass is 10.0. The normalized spacial score (nSPS) is 11.2. The molecule has 2 aromatic heterocycles. The SMILES string of the molecule is CC(=O)c1cn(-c2nc(N)c(F)cc2F)c2c(Cl)c(C)c(F)c(N)c2c1=O. The summed E-state index contributed by atoms with van der Waals surface area (Å²) in [7, 11) is 0. The summed E-state index contributed by atoms with van der Waals surface area (Å²) in [6.45, 7) is 2.40. The molecule has 0 aliphatic heterocycles. The molecular weight excluding hydrogens is 385 g/mol. The van der Waals surface area contributed by atoms with E-state index in [1.807, 2.05) is 0 Å². The molecule has 0 radical (unpaired) electrons. The first kappa shape index (κ1) is 18.7. The van der Waals surface area contributed by atoms with Crippen molar-refractivity contribution in [2.24, 2.45) is 0 Å². The van der Waals surface area contributed by atoms with E-state index in [0.29, 0.717) is 6.07 Å². The third-order valence-corrected chi connectivity index (χ3v) is 4.59. The van der Waals surface area contributed by atoms with Gasteiger partial charge in [-0.1, -0.05) is 11.6 Å². The highest BCUT2D eigenvalue weighted by atomic mass is 35.5. The van der Waals surface area contributed by atoms with Crippen molar-refractivity contribution in [1.29, 1.82) is 0 Å². The van der Waals surface area contributed by atoms with Gasteiger partial charge in [0, 0.05) is 17.8 Å². The number of nitrogens with zero attached hydrogens (tertiary/aromatic N) is 2. The van der Waals surface area contributed by atoms with E-state index in [2.05, 4.69) is 4.98 Å². The summed E-state index contributed by atoms with van der Waals surface area (Å²) < 4.78 is 43.2. The van der Waals surface area contributed by atoms with Gasteiger partial charge in [0.2, 0.25) is 5.43 Å². The van der Waals surface area contributed by atoms with Crippen molar-refractivity contribution >= 4 is 39.8 Å². The topological polar surface area (TPSA) is 104 Å². The van der Waals surface area contributed by atoms with Crippen LogP contribution >= 0.6 is 11.6 Å². The maximum Gasteiger partial charge on any atom is 0.202 e. The van der Waals surface area contributed by atoms with Crippen molar-refractivity contribution in [3.8, 4) is 5.82 Å². The van der Waals surface area contributed by atoms with Crippen LogP contribution in [0.15, 0.2) is 17.1 Å². The first-order chi connectivity index (χ1) is 12.6. The second kappa shape index (κ2) is 6.27. The smallest absolute Gasteiger partial charge is 0.202 e. The lowest BCUT2D eigenvalue weighted by Gasteiger charge is -2.17. The number of anilines is 2. The average molecular weight is 397 g/mol. The Bertz CT molecular complexity index is 1210. The molecule has 2 heterocycles. The van der Waals surface area contributed by atoms with Crippen molar-refractivity contribution in [2.75, 3.05) is 11.5 Å². The minimum Gasteiger partial charge on any atom is -0.396 e. The van der Waals surface area contributed by atoms with Crippen LogP contribution in [0, 0.1) is 24.4 Å². The molecule has 0 saturated carbocycles. The van der Waals surface area contributed by atoms with E-state index >= 15 is 0 Å². The zero-order chi connectivity index (χ0) is 20.2. The summed E-state index contributed by atoms with van der Waals surface area (Å²) >= 11 is 6.19. The number of carbonyl (C=O) groups is 1. The molecule has 0 spiro atoms. The summed E-state index contributed by atoms with van der Waals surface area (Å²) in [6.07, 6.45) is 0.985. The zero-order valence-electron chi connectivity index (χ0n) is 14.0. The maximum absolute atomic E-state index is 14.4. The fourth-order valence-corrected chi connectivity index (χ4v) is 2.99. The van der Waals surface area contributed by atoms with Gasteiger partial charge in [-0.3, -0.25) is 14.2 Å². The van der Waals surface area contributed by atoms with Crippen LogP contribution in [0.2, 0.25) is 5.02 Å². The van der Waals surface area contributed by atoms with Crippen molar-refractivity contribution in [2.45, 2.75) is 13.8 Å². The van der Waals surface area contributed by atoms with Crippen molar-refractivity contribution in [3.05, 3.63) is 56.1 Å². The highest BCUT2D eigenvalue weighted by molar-refractivity contribution is 6.36. The fourth-order valence-electron chi connectivity index (χ4n) is 2.72. The Labute approximate surface area is 155 Å². The molecule has 0 unspecified atom stereocenters. The van der Waals surface area contributed by atoms with Gasteiger partial charge < -0.3 is 11.5 Å². The number of Topliss-reactive ketones (excluding diaryl/α,β-unsaturated/α-hetero) is 1. The Hall–Kier alpha value is -3.07. The van der Waals surface area contributed by atoms with E-state index in [1.165, 1.54) is 6.92 Å². The first-order valence-corrected chi connectivity index (χ1v) is 7.89. The zero-order valence-corrected chi connectivity index (χ0v) is 14.8. The lowest BCUT2D eigenvalue weighted by molar-refractivity contribution is 0.101. The van der Waals surface area contributed by atoms with E-state index < -0.39 is 56.9 Å². The molecule has 27 heavy (non-hydrogen) atoms. The summed E-state index contributed by atoms with van der Waals surface area (Å²) in [5.41, 5.74) is 9.04. The fraction of sp³-hybridized carbons (Fsp3) is 0.118. The quantitative estimate of drug-likeness (QED) is 0.511. The van der Waals surface area contributed by atoms with Crippen LogP contribution in [-0.2, 0) is 0 Å². The number of hydrogen-bond acceptors (Lipinski definition) is 5. The van der Waals surface area contributed by atoms with Gasteiger partial charge in [-0.25, -0.2) is 18.2 Å². The molecular formula is C17H12ClF3N4O2. The van der Waals surface area contributed by atoms with Crippen molar-refractivity contribution < 1.29 is 18.0 Å². The minimum absolute atomic E-state index is 0.0964. The van der Waals surface area contributed by atoms with Gasteiger partial charge in [0.15, 0.2) is 34.9 Å². The summed E-state index contributed by atoms with van der Waals surface area (Å²) in [5, 5.41) is -0.659. The predicted octanol–water partition coefficient (Wildman–Crippen LogP) is 3.13. The molecule has 0 aliphatic carbocycles. The van der Waals surface area contributed by atoms with Gasteiger partial charge in [-0.2, -0.15) is 0 Å². The van der Waals surface area contributed by atoms with Crippen LogP contribution in [0.1, 0.15) is 22.8 Å². The van der Waals surface area contributed by atoms with Crippen LogP contribution < -0.4 is 16.9 Å². The number of nitrogen functional groups attached to an aromatic ring is 2. The highest BCUT2D eigenvalue weighted by Crippen LogP contribution is 2.35. The molecule has 6 nitrogen and oxygen atoms in total. The molecule has 0 bridgehead atoms. The van der Waals surface area contributed by atoms with Crippen LogP contribution in [0.3, 0.4) is 0 Å². The molecule has 10 heteroatoms. The van der Waals surface area contributed by atoms with E-state index in [-0.39, 0.29) is 16.1 Å². The Morgan fingerprint density at radius 2 is 1.85 bits per heavy atom. The molecule has 0 aliphatic rings. The Morgan fingerprint density at radius 1 is 1.22 bits per heavy atom. The van der Waals surface area contributed by atoms with Crippen molar-refractivity contribution in [3.63, 3.8) is 0 Å². The van der Waals surface area contributed by atoms with Gasteiger partial charge in [-0.05, 0) is 13.8 Å². The van der Waals surface area contributed by atoms with Gasteiger partial charge in [0.05, 0.1) is 27.2 Å². The lowest BCUT2D eigenvalue weighted by Crippen LogP contribution is -2.21. The number of nitrogens with two attached hydrogens (primary N) is 2. The molecule has 4 N–H and O–H groups in total. The summed E-state index contributed by atoms with van der Waals surface area (Å²) in [6, 6.07) is 0.489. The third kappa shape index (κ3) is 2.71. The van der Waals surface area contributed by atoms with E-state index in [0.717, 1.165) is 17.7 Å². The Balaban J connectivity index is 2.65. The number of benzene rings is 1. The van der Waals surface area contributed by atoms with E-state index in [9.17, 15) is 22.8 Å².